The molecule has 3 rings (SSSR count). The molecule has 2 atom stereocenters. The molecular weight excluding hydrogens is 487 g/mol. The van der Waals surface area contributed by atoms with Gasteiger partial charge in [0.2, 0.25) is 5.91 Å². The van der Waals surface area contributed by atoms with Gasteiger partial charge in [0.05, 0.1) is 18.9 Å². The first-order chi connectivity index (χ1) is 17.1. The average Bonchev–Trinajstić information content (AvgIpc) is 2.94. The molecule has 0 saturated carbocycles. The third kappa shape index (κ3) is 6.57. The van der Waals surface area contributed by atoms with Gasteiger partial charge in [0.25, 0.3) is 5.91 Å². The fourth-order valence-corrected chi connectivity index (χ4v) is 4.62. The summed E-state index contributed by atoms with van der Waals surface area (Å²) < 4.78 is 13.0. The summed E-state index contributed by atoms with van der Waals surface area (Å²) in [7, 11) is 0. The predicted molar refractivity (Wildman–Crippen MR) is 134 cm³/mol. The fourth-order valence-electron chi connectivity index (χ4n) is 4.40. The molecule has 0 aliphatic carbocycles. The molecule has 1 unspecified atom stereocenters. The second-order valence-electron chi connectivity index (χ2n) is 9.06. The molecule has 7 nitrogen and oxygen atoms in total. The molecule has 1 aliphatic rings. The second-order valence-corrected chi connectivity index (χ2v) is 9.50. The Labute approximate surface area is 213 Å². The van der Waals surface area contributed by atoms with Crippen LogP contribution in [0.25, 0.3) is 0 Å². The zero-order valence-corrected chi connectivity index (χ0v) is 20.8. The van der Waals surface area contributed by atoms with Gasteiger partial charge in [-0.3, -0.25) is 19.2 Å². The molecule has 2 aromatic rings. The van der Waals surface area contributed by atoms with Gasteiger partial charge in [-0.15, -0.1) is 0 Å². The standard InChI is InChI=1S/C27H28ClFN2O5/c1-16(2)26(27(36)30-21(13-25(34)35)23(32)14-29)19-11-18-7-3-4-9-22(18)31(24(33)12-19)15-17-6-5-8-20(28)10-17/h3-10,12,16,21,26H,11,13-15H2,1-2H3,(H,30,36)(H,34,35)/t21?,26-/m1/s1. The Morgan fingerprint density at radius 3 is 2.50 bits per heavy atom. The number of carbonyl (C=O) groups is 4. The highest BCUT2D eigenvalue weighted by molar-refractivity contribution is 6.30. The Morgan fingerprint density at radius 2 is 1.86 bits per heavy atom. The summed E-state index contributed by atoms with van der Waals surface area (Å²) in [5, 5.41) is 12.0. The highest BCUT2D eigenvalue weighted by atomic mass is 35.5. The van der Waals surface area contributed by atoms with Crippen LogP contribution in [0.2, 0.25) is 5.02 Å². The first-order valence-corrected chi connectivity index (χ1v) is 11.9. The van der Waals surface area contributed by atoms with E-state index in [1.54, 1.807) is 36.9 Å². The zero-order valence-electron chi connectivity index (χ0n) is 20.0. The maximum Gasteiger partial charge on any atom is 0.305 e. The van der Waals surface area contributed by atoms with E-state index in [4.69, 9.17) is 16.7 Å². The number of Topliss-reactive ketones (excluding diaryl/α,β-unsaturated/α-hetero) is 1. The molecule has 2 N–H and O–H groups in total. The lowest BCUT2D eigenvalue weighted by Gasteiger charge is -2.25. The van der Waals surface area contributed by atoms with Crippen molar-refractivity contribution in [1.82, 2.24) is 5.32 Å². The number of carboxylic acid groups (broad SMARTS) is 1. The molecule has 9 heteroatoms. The number of anilines is 1. The van der Waals surface area contributed by atoms with Gasteiger partial charge in [-0.05, 0) is 47.2 Å². The largest absolute Gasteiger partial charge is 0.481 e. The summed E-state index contributed by atoms with van der Waals surface area (Å²) in [4.78, 5) is 51.4. The highest BCUT2D eigenvalue weighted by Crippen LogP contribution is 2.33. The summed E-state index contributed by atoms with van der Waals surface area (Å²) in [5.74, 6) is -4.43. The maximum absolute atomic E-state index is 13.5. The summed E-state index contributed by atoms with van der Waals surface area (Å²) in [6.45, 7) is 2.46. The number of carbonyl (C=O) groups excluding carboxylic acids is 3. The molecular formula is C27H28ClFN2O5. The minimum absolute atomic E-state index is 0.268. The van der Waals surface area contributed by atoms with Crippen LogP contribution < -0.4 is 10.2 Å². The van der Waals surface area contributed by atoms with E-state index in [1.807, 2.05) is 30.3 Å². The number of hydrogen-bond donors (Lipinski definition) is 2. The number of amides is 2. The van der Waals surface area contributed by atoms with Gasteiger partial charge in [-0.2, -0.15) is 0 Å². The van der Waals surface area contributed by atoms with E-state index in [1.165, 1.54) is 6.08 Å². The van der Waals surface area contributed by atoms with Gasteiger partial charge in [-0.25, -0.2) is 4.39 Å². The van der Waals surface area contributed by atoms with Crippen molar-refractivity contribution < 1.29 is 28.7 Å². The Balaban J connectivity index is 1.96. The van der Waals surface area contributed by atoms with E-state index < -0.39 is 42.7 Å². The number of hydrogen-bond acceptors (Lipinski definition) is 4. The number of alkyl halides is 1. The molecule has 1 heterocycles. The van der Waals surface area contributed by atoms with E-state index in [0.717, 1.165) is 11.1 Å². The van der Waals surface area contributed by atoms with E-state index in [2.05, 4.69) is 5.32 Å². The minimum Gasteiger partial charge on any atom is -0.481 e. The summed E-state index contributed by atoms with van der Waals surface area (Å²) in [6.07, 6.45) is 0.996. The Bertz CT molecular complexity index is 1200. The van der Waals surface area contributed by atoms with Crippen LogP contribution in [-0.2, 0) is 32.1 Å². The fraction of sp³-hybridized carbons (Fsp3) is 0.333. The zero-order chi connectivity index (χ0) is 26.4. The Kier molecular flexibility index (Phi) is 8.98. The van der Waals surface area contributed by atoms with Crippen molar-refractivity contribution in [3.8, 4) is 0 Å². The average molecular weight is 515 g/mol. The van der Waals surface area contributed by atoms with Crippen LogP contribution in [0.4, 0.5) is 10.1 Å². The van der Waals surface area contributed by atoms with Gasteiger partial charge >= 0.3 is 5.97 Å². The molecule has 0 radical (unpaired) electrons. The number of carboxylic acids is 1. The van der Waals surface area contributed by atoms with Gasteiger partial charge in [0.1, 0.15) is 12.7 Å². The van der Waals surface area contributed by atoms with Crippen LogP contribution >= 0.6 is 11.6 Å². The van der Waals surface area contributed by atoms with Crippen molar-refractivity contribution in [2.75, 3.05) is 11.6 Å². The highest BCUT2D eigenvalue weighted by Gasteiger charge is 2.34. The topological polar surface area (TPSA) is 104 Å². The van der Waals surface area contributed by atoms with Crippen LogP contribution in [0.1, 0.15) is 31.4 Å². The number of rotatable bonds is 10. The molecule has 2 amide bonds. The molecule has 0 bridgehead atoms. The molecule has 1 aliphatic heterocycles. The maximum atomic E-state index is 13.5. The smallest absolute Gasteiger partial charge is 0.305 e. The van der Waals surface area contributed by atoms with E-state index in [0.29, 0.717) is 22.7 Å². The first-order valence-electron chi connectivity index (χ1n) is 11.6. The van der Waals surface area contributed by atoms with Gasteiger partial charge < -0.3 is 15.3 Å². The number of aliphatic carboxylic acids is 1. The van der Waals surface area contributed by atoms with Crippen LogP contribution in [-0.4, -0.2) is 41.4 Å². The Hall–Kier alpha value is -3.52. The van der Waals surface area contributed by atoms with Crippen molar-refractivity contribution in [2.45, 2.75) is 39.3 Å². The van der Waals surface area contributed by atoms with Crippen molar-refractivity contribution in [3.63, 3.8) is 0 Å². The van der Waals surface area contributed by atoms with Crippen LogP contribution in [0.15, 0.2) is 60.2 Å². The Morgan fingerprint density at radius 1 is 1.14 bits per heavy atom. The van der Waals surface area contributed by atoms with E-state index >= 15 is 0 Å². The van der Waals surface area contributed by atoms with Crippen molar-refractivity contribution in [3.05, 3.63) is 76.3 Å². The van der Waals surface area contributed by atoms with Crippen LogP contribution in [0.5, 0.6) is 0 Å². The molecule has 0 saturated heterocycles. The number of ketones is 1. The van der Waals surface area contributed by atoms with E-state index in [-0.39, 0.29) is 18.4 Å². The third-order valence-corrected chi connectivity index (χ3v) is 6.28. The number of fused-ring (bicyclic) bond motifs is 1. The lowest BCUT2D eigenvalue weighted by atomic mass is 9.83. The minimum atomic E-state index is -1.49. The normalized spacial score (nSPS) is 15.0. The molecule has 36 heavy (non-hydrogen) atoms. The molecule has 2 aromatic carbocycles. The van der Waals surface area contributed by atoms with Crippen molar-refractivity contribution in [2.24, 2.45) is 11.8 Å². The third-order valence-electron chi connectivity index (χ3n) is 6.05. The predicted octanol–water partition coefficient (Wildman–Crippen LogP) is 4.13. The van der Waals surface area contributed by atoms with Crippen LogP contribution in [0, 0.1) is 11.8 Å². The van der Waals surface area contributed by atoms with Gasteiger partial charge in [0.15, 0.2) is 5.78 Å². The molecule has 0 fully saturated rings. The van der Waals surface area contributed by atoms with E-state index in [9.17, 15) is 23.6 Å². The number of nitrogens with zero attached hydrogens (tertiary/aromatic N) is 1. The first kappa shape index (κ1) is 27.1. The van der Waals surface area contributed by atoms with Gasteiger partial charge in [0, 0.05) is 16.8 Å². The molecule has 0 aromatic heterocycles. The number of benzene rings is 2. The summed E-state index contributed by atoms with van der Waals surface area (Å²) >= 11 is 6.13. The quantitative estimate of drug-likeness (QED) is 0.496. The monoisotopic (exact) mass is 514 g/mol. The SMILES string of the molecule is CC(C)[C@@H](C(=O)NC(CC(=O)O)C(=O)CF)C1=CC(=O)N(Cc2cccc(Cl)c2)c2ccccc2C1. The lowest BCUT2D eigenvalue weighted by molar-refractivity contribution is -0.140. The number of para-hydroxylation sites is 1. The summed E-state index contributed by atoms with van der Waals surface area (Å²) in [5.41, 5.74) is 2.89. The summed E-state index contributed by atoms with van der Waals surface area (Å²) in [6, 6.07) is 13.1. The number of nitrogens with one attached hydrogen (secondary N) is 1. The molecule has 0 spiro atoms. The van der Waals surface area contributed by atoms with Crippen molar-refractivity contribution in [1.29, 1.82) is 0 Å². The van der Waals surface area contributed by atoms with Crippen molar-refractivity contribution >= 4 is 40.9 Å². The second kappa shape index (κ2) is 11.9. The number of halogens is 2. The molecule has 190 valence electrons. The van der Waals surface area contributed by atoms with Gasteiger partial charge in [-0.1, -0.05) is 55.8 Å². The van der Waals surface area contributed by atoms with Crippen LogP contribution in [0.3, 0.4) is 0 Å². The lowest BCUT2D eigenvalue weighted by Crippen LogP contribution is -2.47.